The predicted octanol–water partition coefficient (Wildman–Crippen LogP) is 2.41. The first-order valence-electron chi connectivity index (χ1n) is 9.94. The van der Waals surface area contributed by atoms with Gasteiger partial charge < -0.3 is 11.1 Å². The SMILES string of the molecule is Cc1cc(-c2cc(C)c3c(c2)CCC(=O)N3)cnc1-n1cnn(C/C(=C/F)CN)c1=O. The van der Waals surface area contributed by atoms with E-state index in [0.29, 0.717) is 25.0 Å². The number of hydrogen-bond donors (Lipinski definition) is 2. The second-order valence-electron chi connectivity index (χ2n) is 7.65. The van der Waals surface area contributed by atoms with E-state index in [1.807, 2.05) is 26.0 Å². The van der Waals surface area contributed by atoms with Crippen LogP contribution in [0, 0.1) is 13.8 Å². The molecule has 3 heterocycles. The molecule has 160 valence electrons. The summed E-state index contributed by atoms with van der Waals surface area (Å²) in [6, 6.07) is 6.05. The number of nitrogens with two attached hydrogens (primary N) is 1. The summed E-state index contributed by atoms with van der Waals surface area (Å²) in [6.07, 6.45) is 4.65. The Hall–Kier alpha value is -3.59. The molecule has 0 fully saturated rings. The molecule has 3 aromatic rings. The zero-order valence-corrected chi connectivity index (χ0v) is 17.4. The molecule has 0 radical (unpaired) electrons. The molecule has 31 heavy (non-hydrogen) atoms. The fourth-order valence-electron chi connectivity index (χ4n) is 3.76. The molecule has 2 aromatic heterocycles. The average molecular weight is 422 g/mol. The van der Waals surface area contributed by atoms with Gasteiger partial charge in [0, 0.05) is 30.4 Å². The Bertz CT molecular complexity index is 1260. The Balaban J connectivity index is 1.67. The second-order valence-corrected chi connectivity index (χ2v) is 7.65. The number of halogens is 1. The smallest absolute Gasteiger partial charge is 0.327 e. The van der Waals surface area contributed by atoms with E-state index in [1.54, 1.807) is 6.20 Å². The summed E-state index contributed by atoms with van der Waals surface area (Å²) >= 11 is 0. The van der Waals surface area contributed by atoms with Crippen molar-refractivity contribution in [1.82, 2.24) is 19.3 Å². The lowest BCUT2D eigenvalue weighted by atomic mass is 9.94. The number of nitrogens with one attached hydrogen (secondary N) is 1. The summed E-state index contributed by atoms with van der Waals surface area (Å²) in [7, 11) is 0. The van der Waals surface area contributed by atoms with Crippen molar-refractivity contribution >= 4 is 11.6 Å². The van der Waals surface area contributed by atoms with Crippen LogP contribution in [0.5, 0.6) is 0 Å². The van der Waals surface area contributed by atoms with Gasteiger partial charge >= 0.3 is 5.69 Å². The molecule has 0 spiro atoms. The average Bonchev–Trinajstić information content (AvgIpc) is 3.12. The molecule has 0 saturated heterocycles. The van der Waals surface area contributed by atoms with Crippen LogP contribution < -0.4 is 16.7 Å². The monoisotopic (exact) mass is 422 g/mol. The van der Waals surface area contributed by atoms with Crippen LogP contribution in [0.1, 0.15) is 23.1 Å². The van der Waals surface area contributed by atoms with Crippen LogP contribution in [0.25, 0.3) is 16.9 Å². The Labute approximate surface area is 178 Å². The summed E-state index contributed by atoms with van der Waals surface area (Å²) in [5, 5.41) is 6.99. The van der Waals surface area contributed by atoms with Crippen molar-refractivity contribution in [3.05, 3.63) is 69.8 Å². The Morgan fingerprint density at radius 3 is 2.68 bits per heavy atom. The fourth-order valence-corrected chi connectivity index (χ4v) is 3.76. The number of carbonyl (C=O) groups is 1. The number of anilines is 1. The highest BCUT2D eigenvalue weighted by Gasteiger charge is 2.18. The van der Waals surface area contributed by atoms with E-state index in [2.05, 4.69) is 21.5 Å². The van der Waals surface area contributed by atoms with Crippen molar-refractivity contribution in [2.45, 2.75) is 33.2 Å². The van der Waals surface area contributed by atoms with E-state index in [-0.39, 0.29) is 24.6 Å². The van der Waals surface area contributed by atoms with Crippen molar-refractivity contribution in [3.8, 4) is 16.9 Å². The Kier molecular flexibility index (Phi) is 5.51. The first-order chi connectivity index (χ1) is 14.9. The van der Waals surface area contributed by atoms with Gasteiger partial charge in [-0.3, -0.25) is 4.79 Å². The van der Waals surface area contributed by atoms with Crippen molar-refractivity contribution in [2.24, 2.45) is 5.73 Å². The van der Waals surface area contributed by atoms with Gasteiger partial charge in [-0.2, -0.15) is 5.10 Å². The fraction of sp³-hybridized carbons (Fsp3) is 0.273. The van der Waals surface area contributed by atoms with Crippen LogP contribution in [0.2, 0.25) is 0 Å². The lowest BCUT2D eigenvalue weighted by molar-refractivity contribution is -0.116. The van der Waals surface area contributed by atoms with E-state index >= 15 is 0 Å². The molecule has 1 amide bonds. The second kappa shape index (κ2) is 8.27. The van der Waals surface area contributed by atoms with Gasteiger partial charge in [-0.05, 0) is 66.3 Å². The number of aromatic nitrogens is 4. The van der Waals surface area contributed by atoms with Crippen LogP contribution in [0.15, 0.2) is 47.4 Å². The van der Waals surface area contributed by atoms with Gasteiger partial charge in [0.25, 0.3) is 0 Å². The topological polar surface area (TPSA) is 108 Å². The molecule has 0 unspecified atom stereocenters. The summed E-state index contributed by atoms with van der Waals surface area (Å²) in [5.74, 6) is 0.497. The summed E-state index contributed by atoms with van der Waals surface area (Å²) in [4.78, 5) is 28.9. The van der Waals surface area contributed by atoms with Crippen LogP contribution in [-0.2, 0) is 17.8 Å². The number of hydrogen-bond acceptors (Lipinski definition) is 5. The van der Waals surface area contributed by atoms with Crippen LogP contribution in [0.3, 0.4) is 0 Å². The van der Waals surface area contributed by atoms with Gasteiger partial charge in [-0.15, -0.1) is 0 Å². The molecule has 1 aliphatic rings. The third-order valence-corrected chi connectivity index (χ3v) is 5.42. The number of benzene rings is 1. The third-order valence-electron chi connectivity index (χ3n) is 5.42. The molecular formula is C22H23FN6O2. The van der Waals surface area contributed by atoms with Gasteiger partial charge in [0.2, 0.25) is 5.91 Å². The molecule has 9 heteroatoms. The quantitative estimate of drug-likeness (QED) is 0.657. The lowest BCUT2D eigenvalue weighted by Gasteiger charge is -2.20. The molecule has 0 saturated carbocycles. The first-order valence-corrected chi connectivity index (χ1v) is 9.94. The van der Waals surface area contributed by atoms with Gasteiger partial charge in [-0.25, -0.2) is 23.4 Å². The van der Waals surface area contributed by atoms with Crippen LogP contribution in [-0.4, -0.2) is 31.8 Å². The van der Waals surface area contributed by atoms with Crippen molar-refractivity contribution < 1.29 is 9.18 Å². The van der Waals surface area contributed by atoms with Gasteiger partial charge in [0.05, 0.1) is 12.9 Å². The normalized spacial score (nSPS) is 13.8. The molecule has 1 aliphatic heterocycles. The minimum atomic E-state index is -0.420. The molecule has 0 bridgehead atoms. The number of pyridine rings is 1. The van der Waals surface area contributed by atoms with Crippen LogP contribution in [0.4, 0.5) is 10.1 Å². The van der Waals surface area contributed by atoms with Crippen molar-refractivity contribution in [3.63, 3.8) is 0 Å². The summed E-state index contributed by atoms with van der Waals surface area (Å²) in [6.45, 7) is 3.83. The molecule has 8 nitrogen and oxygen atoms in total. The third kappa shape index (κ3) is 3.91. The molecule has 4 rings (SSSR count). The minimum absolute atomic E-state index is 0.00561. The zero-order valence-electron chi connectivity index (χ0n) is 17.4. The van der Waals surface area contributed by atoms with Crippen LogP contribution >= 0.6 is 0 Å². The zero-order chi connectivity index (χ0) is 22.1. The number of fused-ring (bicyclic) bond motifs is 1. The molecule has 0 atom stereocenters. The summed E-state index contributed by atoms with van der Waals surface area (Å²) in [5.41, 5.74) is 11.0. The predicted molar refractivity (Wildman–Crippen MR) is 116 cm³/mol. The molecule has 1 aromatic carbocycles. The van der Waals surface area contributed by atoms with E-state index in [9.17, 15) is 14.0 Å². The molecule has 3 N–H and O–H groups in total. The number of rotatable bonds is 5. The van der Waals surface area contributed by atoms with Gasteiger partial charge in [-0.1, -0.05) is 0 Å². The van der Waals surface area contributed by atoms with E-state index < -0.39 is 5.69 Å². The van der Waals surface area contributed by atoms with Crippen molar-refractivity contribution in [2.75, 3.05) is 11.9 Å². The highest BCUT2D eigenvalue weighted by atomic mass is 19.1. The maximum absolute atomic E-state index is 12.8. The van der Waals surface area contributed by atoms with Gasteiger partial charge in [0.15, 0.2) is 0 Å². The number of amides is 1. The van der Waals surface area contributed by atoms with E-state index in [0.717, 1.165) is 38.2 Å². The number of carbonyl (C=O) groups excluding carboxylic acids is 1. The minimum Gasteiger partial charge on any atom is -0.327 e. The summed E-state index contributed by atoms with van der Waals surface area (Å²) < 4.78 is 15.3. The Morgan fingerprint density at radius 2 is 1.97 bits per heavy atom. The molecule has 0 aliphatic carbocycles. The highest BCUT2D eigenvalue weighted by Crippen LogP contribution is 2.32. The maximum Gasteiger partial charge on any atom is 0.351 e. The number of nitrogens with zero attached hydrogens (tertiary/aromatic N) is 4. The standard InChI is InChI=1S/C22H23FN6O2/c1-13-5-17(7-16-3-4-19(30)27-20(13)16)18-6-14(2)21(25-10-18)28-12-26-29(22(28)31)11-15(8-23)9-24/h5-8,10,12H,3-4,9,11,24H2,1-2H3,(H,27,30)/b15-8+. The first kappa shape index (κ1) is 20.7. The lowest BCUT2D eigenvalue weighted by Crippen LogP contribution is -2.26. The van der Waals surface area contributed by atoms with Gasteiger partial charge in [0.1, 0.15) is 12.1 Å². The largest absolute Gasteiger partial charge is 0.351 e. The highest BCUT2D eigenvalue weighted by molar-refractivity contribution is 5.95. The van der Waals surface area contributed by atoms with E-state index in [1.165, 1.54) is 10.9 Å². The Morgan fingerprint density at radius 1 is 1.19 bits per heavy atom. The maximum atomic E-state index is 12.8. The van der Waals surface area contributed by atoms with Crippen molar-refractivity contribution in [1.29, 1.82) is 0 Å². The number of aryl methyl sites for hydroxylation is 3. The molecular weight excluding hydrogens is 399 g/mol. The van der Waals surface area contributed by atoms with E-state index in [4.69, 9.17) is 5.73 Å².